The fourth-order valence-electron chi connectivity index (χ4n) is 2.75. The predicted molar refractivity (Wildman–Crippen MR) is 86.0 cm³/mol. The van der Waals surface area contributed by atoms with Crippen molar-refractivity contribution >= 4 is 17.9 Å². The molecule has 0 radical (unpaired) electrons. The van der Waals surface area contributed by atoms with Crippen LogP contribution in [0.5, 0.6) is 11.5 Å². The van der Waals surface area contributed by atoms with Crippen molar-refractivity contribution in [2.75, 3.05) is 13.3 Å². The van der Waals surface area contributed by atoms with Crippen LogP contribution in [0.1, 0.15) is 33.3 Å². The van der Waals surface area contributed by atoms with E-state index in [9.17, 15) is 14.4 Å². The molecule has 1 aromatic carbocycles. The van der Waals surface area contributed by atoms with Gasteiger partial charge in [-0.1, -0.05) is 6.07 Å². The van der Waals surface area contributed by atoms with E-state index in [1.165, 1.54) is 0 Å². The van der Waals surface area contributed by atoms with Gasteiger partial charge in [-0.05, 0) is 45.4 Å². The van der Waals surface area contributed by atoms with Gasteiger partial charge in [0.15, 0.2) is 11.5 Å². The van der Waals surface area contributed by atoms with E-state index in [0.29, 0.717) is 17.1 Å². The van der Waals surface area contributed by atoms with Crippen molar-refractivity contribution in [1.29, 1.82) is 0 Å². The van der Waals surface area contributed by atoms with Gasteiger partial charge in [0, 0.05) is 0 Å². The minimum absolute atomic E-state index is 0.112. The van der Waals surface area contributed by atoms with Gasteiger partial charge in [-0.3, -0.25) is 14.5 Å². The Bertz CT molecular complexity index is 754. The third-order valence-electron chi connectivity index (χ3n) is 3.93. The molecular formula is C17H20N2O6. The summed E-state index contributed by atoms with van der Waals surface area (Å²) in [7, 11) is 0. The summed E-state index contributed by atoms with van der Waals surface area (Å²) in [6.07, 6.45) is 0. The molecule has 8 heteroatoms. The van der Waals surface area contributed by atoms with Gasteiger partial charge in [-0.25, -0.2) is 4.79 Å². The Morgan fingerprint density at radius 1 is 1.28 bits per heavy atom. The van der Waals surface area contributed by atoms with Crippen molar-refractivity contribution in [3.63, 3.8) is 0 Å². The van der Waals surface area contributed by atoms with Crippen molar-refractivity contribution < 1.29 is 28.6 Å². The molecule has 134 valence electrons. The molecule has 1 aromatic rings. The number of imide groups is 1. The zero-order valence-electron chi connectivity index (χ0n) is 14.5. The van der Waals surface area contributed by atoms with Gasteiger partial charge in [-0.2, -0.15) is 0 Å². The molecule has 1 saturated heterocycles. The van der Waals surface area contributed by atoms with Crippen molar-refractivity contribution in [3.8, 4) is 11.5 Å². The first-order valence-electron chi connectivity index (χ1n) is 7.86. The number of ether oxygens (including phenoxy) is 3. The van der Waals surface area contributed by atoms with Crippen molar-refractivity contribution in [2.45, 2.75) is 38.8 Å². The highest BCUT2D eigenvalue weighted by atomic mass is 16.7. The van der Waals surface area contributed by atoms with Crippen LogP contribution in [0.15, 0.2) is 18.2 Å². The van der Waals surface area contributed by atoms with E-state index in [0.717, 1.165) is 4.90 Å². The molecule has 0 saturated carbocycles. The summed E-state index contributed by atoms with van der Waals surface area (Å²) < 4.78 is 15.8. The average molecular weight is 348 g/mol. The van der Waals surface area contributed by atoms with Crippen LogP contribution >= 0.6 is 0 Å². The molecule has 2 aliphatic rings. The van der Waals surface area contributed by atoms with Gasteiger partial charge in [0.05, 0.1) is 0 Å². The summed E-state index contributed by atoms with van der Waals surface area (Å²) >= 11 is 0. The van der Waals surface area contributed by atoms with E-state index in [-0.39, 0.29) is 6.79 Å². The monoisotopic (exact) mass is 348 g/mol. The number of hydrogen-bond donors (Lipinski definition) is 1. The van der Waals surface area contributed by atoms with E-state index in [2.05, 4.69) is 5.32 Å². The van der Waals surface area contributed by atoms with Crippen LogP contribution in [0.3, 0.4) is 0 Å². The number of benzene rings is 1. The molecule has 0 aromatic heterocycles. The van der Waals surface area contributed by atoms with Crippen LogP contribution in [0.25, 0.3) is 0 Å². The molecule has 3 rings (SSSR count). The highest BCUT2D eigenvalue weighted by Gasteiger charge is 2.50. The van der Waals surface area contributed by atoms with E-state index in [4.69, 9.17) is 14.2 Å². The zero-order chi connectivity index (χ0) is 18.4. The Morgan fingerprint density at radius 3 is 2.64 bits per heavy atom. The number of esters is 1. The summed E-state index contributed by atoms with van der Waals surface area (Å²) in [6, 6.07) is 4.37. The molecule has 8 nitrogen and oxygen atoms in total. The molecule has 1 fully saturated rings. The van der Waals surface area contributed by atoms with Gasteiger partial charge < -0.3 is 19.5 Å². The van der Waals surface area contributed by atoms with Crippen molar-refractivity contribution in [1.82, 2.24) is 10.2 Å². The van der Waals surface area contributed by atoms with E-state index >= 15 is 0 Å². The largest absolute Gasteiger partial charge is 0.459 e. The maximum atomic E-state index is 12.8. The molecule has 0 spiro atoms. The highest BCUT2D eigenvalue weighted by molar-refractivity contribution is 6.08. The third kappa shape index (κ3) is 3.11. The standard InChI is InChI=1S/C17H20N2O6/c1-16(2,3)25-13(20)8-19-14(21)17(4,18-15(19)22)10-5-6-11-12(7-10)24-9-23-11/h5-7H,8-9H2,1-4H3,(H,18,22)/t17-/m0/s1. The maximum Gasteiger partial charge on any atom is 0.326 e. The van der Waals surface area contributed by atoms with Crippen LogP contribution in [-0.4, -0.2) is 41.7 Å². The number of urea groups is 1. The summed E-state index contributed by atoms with van der Waals surface area (Å²) in [6.45, 7) is 6.40. The van der Waals surface area contributed by atoms with Gasteiger partial charge in [0.1, 0.15) is 17.7 Å². The lowest BCUT2D eigenvalue weighted by atomic mass is 9.91. The first-order valence-corrected chi connectivity index (χ1v) is 7.86. The molecular weight excluding hydrogens is 328 g/mol. The molecule has 3 amide bonds. The minimum atomic E-state index is -1.29. The second-order valence-electron chi connectivity index (χ2n) is 7.10. The van der Waals surface area contributed by atoms with Crippen LogP contribution in [0.4, 0.5) is 4.79 Å². The molecule has 2 aliphatic heterocycles. The van der Waals surface area contributed by atoms with Gasteiger partial charge in [0.2, 0.25) is 6.79 Å². The lowest BCUT2D eigenvalue weighted by molar-refractivity contribution is -0.157. The second-order valence-corrected chi connectivity index (χ2v) is 7.10. The molecule has 25 heavy (non-hydrogen) atoms. The smallest absolute Gasteiger partial charge is 0.326 e. The first-order chi connectivity index (χ1) is 11.6. The normalized spacial score (nSPS) is 22.2. The quantitative estimate of drug-likeness (QED) is 0.657. The Morgan fingerprint density at radius 2 is 1.96 bits per heavy atom. The van der Waals surface area contributed by atoms with Crippen LogP contribution < -0.4 is 14.8 Å². The molecule has 0 bridgehead atoms. The summed E-state index contributed by atoms with van der Waals surface area (Å²) in [5.41, 5.74) is -1.45. The van der Waals surface area contributed by atoms with Gasteiger partial charge in [-0.15, -0.1) is 0 Å². The molecule has 1 atom stereocenters. The van der Waals surface area contributed by atoms with Crippen molar-refractivity contribution in [3.05, 3.63) is 23.8 Å². The number of carbonyl (C=O) groups is 3. The number of nitrogens with zero attached hydrogens (tertiary/aromatic N) is 1. The average Bonchev–Trinajstić information content (AvgIpc) is 3.04. The first kappa shape index (κ1) is 17.1. The van der Waals surface area contributed by atoms with Crippen LogP contribution in [0.2, 0.25) is 0 Å². The Labute approximate surface area is 145 Å². The zero-order valence-corrected chi connectivity index (χ0v) is 14.5. The molecule has 0 unspecified atom stereocenters. The number of fused-ring (bicyclic) bond motifs is 1. The Balaban J connectivity index is 1.81. The summed E-state index contributed by atoms with van der Waals surface area (Å²) in [4.78, 5) is 37.9. The van der Waals surface area contributed by atoms with Gasteiger partial charge in [0.25, 0.3) is 5.91 Å². The number of amides is 3. The molecule has 1 N–H and O–H groups in total. The summed E-state index contributed by atoms with van der Waals surface area (Å²) in [5.74, 6) is -0.0886. The molecule has 2 heterocycles. The Hall–Kier alpha value is -2.77. The minimum Gasteiger partial charge on any atom is -0.459 e. The van der Waals surface area contributed by atoms with Crippen LogP contribution in [-0.2, 0) is 19.9 Å². The number of carbonyl (C=O) groups excluding carboxylic acids is 3. The number of hydrogen-bond acceptors (Lipinski definition) is 6. The highest BCUT2D eigenvalue weighted by Crippen LogP contribution is 2.37. The van der Waals surface area contributed by atoms with Gasteiger partial charge >= 0.3 is 12.0 Å². The molecule has 0 aliphatic carbocycles. The topological polar surface area (TPSA) is 94.2 Å². The second kappa shape index (κ2) is 5.65. The fourth-order valence-corrected chi connectivity index (χ4v) is 2.75. The fraction of sp³-hybridized carbons (Fsp3) is 0.471. The van der Waals surface area contributed by atoms with E-state index < -0.39 is 35.6 Å². The SMILES string of the molecule is CC(C)(C)OC(=O)CN1C(=O)N[C@@](C)(c2ccc3c(c2)OCO3)C1=O. The lowest BCUT2D eigenvalue weighted by Crippen LogP contribution is -2.42. The van der Waals surface area contributed by atoms with Crippen LogP contribution in [0, 0.1) is 0 Å². The van der Waals surface area contributed by atoms with E-state index in [1.54, 1.807) is 45.9 Å². The predicted octanol–water partition coefficient (Wildman–Crippen LogP) is 1.52. The third-order valence-corrected chi connectivity index (χ3v) is 3.93. The maximum absolute atomic E-state index is 12.8. The number of nitrogens with one attached hydrogen (secondary N) is 1. The Kier molecular flexibility index (Phi) is 3.85. The summed E-state index contributed by atoms with van der Waals surface area (Å²) in [5, 5.41) is 2.64. The lowest BCUT2D eigenvalue weighted by Gasteiger charge is -2.23. The van der Waals surface area contributed by atoms with Crippen molar-refractivity contribution in [2.24, 2.45) is 0 Å². The number of rotatable bonds is 3. The van der Waals surface area contributed by atoms with E-state index in [1.807, 2.05) is 0 Å².